The van der Waals surface area contributed by atoms with Crippen molar-refractivity contribution in [1.29, 1.82) is 0 Å². The second-order valence-electron chi connectivity index (χ2n) is 4.70. The fraction of sp³-hybridized carbons (Fsp3) is 0.188. The highest BCUT2D eigenvalue weighted by molar-refractivity contribution is 6.03. The first kappa shape index (κ1) is 14.7. The summed E-state index contributed by atoms with van der Waals surface area (Å²) in [6.07, 6.45) is 1.39. The van der Waals surface area contributed by atoms with E-state index >= 15 is 0 Å². The quantitative estimate of drug-likeness (QED) is 0.876. The van der Waals surface area contributed by atoms with E-state index in [1.165, 1.54) is 0 Å². The Bertz CT molecular complexity index is 622. The zero-order valence-corrected chi connectivity index (χ0v) is 11.9. The molecule has 0 radical (unpaired) electrons. The molecule has 0 bridgehead atoms. The molecule has 0 atom stereocenters. The Hall–Kier alpha value is -2.69. The maximum Gasteiger partial charge on any atom is 0.338 e. The van der Waals surface area contributed by atoms with Gasteiger partial charge in [0.15, 0.2) is 0 Å². The van der Waals surface area contributed by atoms with E-state index in [1.54, 1.807) is 62.5 Å². The Labute approximate surface area is 123 Å². The van der Waals surface area contributed by atoms with Crippen LogP contribution in [0.3, 0.4) is 0 Å². The first-order valence-electron chi connectivity index (χ1n) is 6.59. The molecule has 5 heteroatoms. The lowest BCUT2D eigenvalue weighted by Crippen LogP contribution is -2.14. The van der Waals surface area contributed by atoms with Gasteiger partial charge in [0.1, 0.15) is 5.69 Å². The molecule has 0 spiro atoms. The number of carbonyl (C=O) groups excluding carboxylic acids is 2. The molecular weight excluding hydrogens is 268 g/mol. The van der Waals surface area contributed by atoms with Crippen LogP contribution in [-0.4, -0.2) is 23.0 Å². The Kier molecular flexibility index (Phi) is 4.66. The highest BCUT2D eigenvalue weighted by Gasteiger charge is 2.10. The summed E-state index contributed by atoms with van der Waals surface area (Å²) in [5.41, 5.74) is 1.37. The Morgan fingerprint density at radius 2 is 1.81 bits per heavy atom. The number of nitrogens with one attached hydrogen (secondary N) is 1. The minimum atomic E-state index is -0.382. The summed E-state index contributed by atoms with van der Waals surface area (Å²) in [6.45, 7) is 3.58. The number of benzene rings is 1. The van der Waals surface area contributed by atoms with Crippen molar-refractivity contribution in [3.8, 4) is 0 Å². The number of hydrogen-bond acceptors (Lipinski definition) is 4. The lowest BCUT2D eigenvalue weighted by atomic mass is 10.2. The maximum atomic E-state index is 11.9. The molecule has 1 aromatic carbocycles. The van der Waals surface area contributed by atoms with Gasteiger partial charge in [-0.1, -0.05) is 6.07 Å². The van der Waals surface area contributed by atoms with Gasteiger partial charge < -0.3 is 10.1 Å². The monoisotopic (exact) mass is 284 g/mol. The van der Waals surface area contributed by atoms with Gasteiger partial charge in [-0.3, -0.25) is 9.78 Å². The van der Waals surface area contributed by atoms with Crippen molar-refractivity contribution in [3.63, 3.8) is 0 Å². The zero-order chi connectivity index (χ0) is 15.2. The van der Waals surface area contributed by atoms with E-state index in [0.717, 1.165) is 0 Å². The van der Waals surface area contributed by atoms with Crippen LogP contribution in [0.1, 0.15) is 34.7 Å². The van der Waals surface area contributed by atoms with E-state index < -0.39 is 0 Å². The molecule has 0 aliphatic carbocycles. The summed E-state index contributed by atoms with van der Waals surface area (Å²) < 4.78 is 5.09. The fourth-order valence-electron chi connectivity index (χ4n) is 1.66. The predicted molar refractivity (Wildman–Crippen MR) is 79.2 cm³/mol. The standard InChI is InChI=1S/C16H16N2O3/c1-11(2)21-16(20)12-6-8-13(9-7-12)18-15(19)14-5-3-4-10-17-14/h3-11H,1-2H3,(H,18,19). The average Bonchev–Trinajstić information content (AvgIpc) is 2.48. The van der Waals surface area contributed by atoms with Crippen LogP contribution in [0.2, 0.25) is 0 Å². The number of carbonyl (C=O) groups is 2. The van der Waals surface area contributed by atoms with Crippen molar-refractivity contribution in [2.45, 2.75) is 20.0 Å². The molecule has 5 nitrogen and oxygen atoms in total. The lowest BCUT2D eigenvalue weighted by Gasteiger charge is -2.09. The largest absolute Gasteiger partial charge is 0.459 e. The third kappa shape index (κ3) is 4.14. The summed E-state index contributed by atoms with van der Waals surface area (Å²) >= 11 is 0. The third-order valence-electron chi connectivity index (χ3n) is 2.62. The number of aromatic nitrogens is 1. The Morgan fingerprint density at radius 1 is 1.10 bits per heavy atom. The van der Waals surface area contributed by atoms with Gasteiger partial charge in [-0.15, -0.1) is 0 Å². The molecule has 0 unspecified atom stereocenters. The SMILES string of the molecule is CC(C)OC(=O)c1ccc(NC(=O)c2ccccn2)cc1. The van der Waals surface area contributed by atoms with Gasteiger partial charge in [0.05, 0.1) is 11.7 Å². The van der Waals surface area contributed by atoms with Crippen LogP contribution in [0.25, 0.3) is 0 Å². The summed E-state index contributed by atoms with van der Waals surface area (Å²) in [5, 5.41) is 2.71. The van der Waals surface area contributed by atoms with Gasteiger partial charge in [-0.2, -0.15) is 0 Å². The number of pyridine rings is 1. The number of nitrogens with zero attached hydrogens (tertiary/aromatic N) is 1. The smallest absolute Gasteiger partial charge is 0.338 e. The van der Waals surface area contributed by atoms with E-state index in [2.05, 4.69) is 10.3 Å². The predicted octanol–water partition coefficient (Wildman–Crippen LogP) is 2.90. The van der Waals surface area contributed by atoms with Crippen LogP contribution in [-0.2, 0) is 4.74 Å². The molecule has 1 heterocycles. The molecule has 108 valence electrons. The van der Waals surface area contributed by atoms with E-state index in [-0.39, 0.29) is 18.0 Å². The van der Waals surface area contributed by atoms with E-state index in [4.69, 9.17) is 4.74 Å². The van der Waals surface area contributed by atoms with Crippen LogP contribution in [0.15, 0.2) is 48.7 Å². The van der Waals surface area contributed by atoms with Gasteiger partial charge in [0.25, 0.3) is 5.91 Å². The zero-order valence-electron chi connectivity index (χ0n) is 11.9. The number of hydrogen-bond donors (Lipinski definition) is 1. The first-order valence-corrected chi connectivity index (χ1v) is 6.59. The molecule has 0 saturated heterocycles. The van der Waals surface area contributed by atoms with Gasteiger partial charge in [0.2, 0.25) is 0 Å². The first-order chi connectivity index (χ1) is 10.1. The summed E-state index contributed by atoms with van der Waals surface area (Å²) in [4.78, 5) is 27.6. The maximum absolute atomic E-state index is 11.9. The molecule has 2 rings (SSSR count). The van der Waals surface area contributed by atoms with Crippen LogP contribution in [0, 0.1) is 0 Å². The van der Waals surface area contributed by atoms with Crippen molar-refractivity contribution in [2.75, 3.05) is 5.32 Å². The average molecular weight is 284 g/mol. The van der Waals surface area contributed by atoms with E-state index in [9.17, 15) is 9.59 Å². The minimum absolute atomic E-state index is 0.166. The number of amides is 1. The molecule has 0 saturated carbocycles. The second kappa shape index (κ2) is 6.65. The van der Waals surface area contributed by atoms with Crippen LogP contribution >= 0.6 is 0 Å². The number of anilines is 1. The Balaban J connectivity index is 2.03. The van der Waals surface area contributed by atoms with E-state index in [0.29, 0.717) is 16.9 Å². The number of ether oxygens (including phenoxy) is 1. The van der Waals surface area contributed by atoms with Crippen molar-refractivity contribution < 1.29 is 14.3 Å². The van der Waals surface area contributed by atoms with Crippen LogP contribution < -0.4 is 5.32 Å². The topological polar surface area (TPSA) is 68.3 Å². The summed E-state index contributed by atoms with van der Waals surface area (Å²) in [6, 6.07) is 11.6. The summed E-state index contributed by atoms with van der Waals surface area (Å²) in [5.74, 6) is -0.680. The van der Waals surface area contributed by atoms with Crippen LogP contribution in [0.5, 0.6) is 0 Å². The molecule has 2 aromatic rings. The van der Waals surface area contributed by atoms with Gasteiger partial charge in [0, 0.05) is 11.9 Å². The van der Waals surface area contributed by atoms with Crippen molar-refractivity contribution in [2.24, 2.45) is 0 Å². The molecule has 0 aliphatic heterocycles. The molecule has 1 amide bonds. The van der Waals surface area contributed by atoms with Crippen molar-refractivity contribution in [3.05, 3.63) is 59.9 Å². The van der Waals surface area contributed by atoms with Crippen LogP contribution in [0.4, 0.5) is 5.69 Å². The normalized spacial score (nSPS) is 10.2. The number of rotatable bonds is 4. The molecule has 1 aromatic heterocycles. The van der Waals surface area contributed by atoms with E-state index in [1.807, 2.05) is 0 Å². The molecule has 0 fully saturated rings. The van der Waals surface area contributed by atoms with Gasteiger partial charge >= 0.3 is 5.97 Å². The van der Waals surface area contributed by atoms with Gasteiger partial charge in [-0.05, 0) is 50.2 Å². The second-order valence-corrected chi connectivity index (χ2v) is 4.70. The molecule has 1 N–H and O–H groups in total. The number of esters is 1. The molecular formula is C16H16N2O3. The lowest BCUT2D eigenvalue weighted by molar-refractivity contribution is 0.0378. The minimum Gasteiger partial charge on any atom is -0.459 e. The summed E-state index contributed by atoms with van der Waals surface area (Å²) in [7, 11) is 0. The van der Waals surface area contributed by atoms with Gasteiger partial charge in [-0.25, -0.2) is 4.79 Å². The molecule has 0 aliphatic rings. The van der Waals surface area contributed by atoms with Crippen molar-refractivity contribution >= 4 is 17.6 Å². The Morgan fingerprint density at radius 3 is 2.38 bits per heavy atom. The van der Waals surface area contributed by atoms with Crippen molar-refractivity contribution in [1.82, 2.24) is 4.98 Å². The fourth-order valence-corrected chi connectivity index (χ4v) is 1.66. The highest BCUT2D eigenvalue weighted by Crippen LogP contribution is 2.12. The molecule has 21 heavy (non-hydrogen) atoms. The highest BCUT2D eigenvalue weighted by atomic mass is 16.5. The third-order valence-corrected chi connectivity index (χ3v) is 2.62.